The van der Waals surface area contributed by atoms with Gasteiger partial charge in [-0.15, -0.1) is 0 Å². The lowest BCUT2D eigenvalue weighted by atomic mass is 9.95. The van der Waals surface area contributed by atoms with E-state index in [9.17, 15) is 9.59 Å². The Morgan fingerprint density at radius 1 is 1.42 bits per heavy atom. The standard InChI is InChI=1S/C18H21N3O5/c1-10-16(11(2)21(20-10)8-15(22)23)19-18(24)13-7-12-5-4-6-14(25-3)17(12)26-9-13/h4-6,13H,7-9H2,1-3H3,(H,19,24)(H,22,23)/t13-/m0/s1. The number of carbonyl (C=O) groups is 2. The molecular formula is C18H21N3O5. The molecule has 1 aliphatic heterocycles. The van der Waals surface area contributed by atoms with Gasteiger partial charge in [0.25, 0.3) is 0 Å². The van der Waals surface area contributed by atoms with Gasteiger partial charge in [-0.2, -0.15) is 5.10 Å². The van der Waals surface area contributed by atoms with Crippen molar-refractivity contribution in [2.75, 3.05) is 19.0 Å². The van der Waals surface area contributed by atoms with E-state index in [1.807, 2.05) is 18.2 Å². The molecule has 1 aromatic carbocycles. The average molecular weight is 359 g/mol. The maximum atomic E-state index is 12.7. The highest BCUT2D eigenvalue weighted by atomic mass is 16.5. The van der Waals surface area contributed by atoms with Crippen LogP contribution in [0.3, 0.4) is 0 Å². The van der Waals surface area contributed by atoms with Crippen molar-refractivity contribution in [2.45, 2.75) is 26.8 Å². The van der Waals surface area contributed by atoms with Crippen LogP contribution in [0.1, 0.15) is 17.0 Å². The highest BCUT2D eigenvalue weighted by Crippen LogP contribution is 2.36. The van der Waals surface area contributed by atoms with Crippen LogP contribution in [0.25, 0.3) is 0 Å². The fourth-order valence-electron chi connectivity index (χ4n) is 3.11. The van der Waals surface area contributed by atoms with E-state index in [1.54, 1.807) is 21.0 Å². The van der Waals surface area contributed by atoms with E-state index < -0.39 is 5.97 Å². The van der Waals surface area contributed by atoms with Crippen LogP contribution in [0, 0.1) is 19.8 Å². The number of hydrogen-bond acceptors (Lipinski definition) is 5. The number of carboxylic acids is 1. The molecule has 0 aliphatic carbocycles. The number of aromatic nitrogens is 2. The lowest BCUT2D eigenvalue weighted by molar-refractivity contribution is -0.137. The predicted molar refractivity (Wildman–Crippen MR) is 93.6 cm³/mol. The van der Waals surface area contributed by atoms with E-state index in [0.717, 1.165) is 5.56 Å². The summed E-state index contributed by atoms with van der Waals surface area (Å²) in [6.07, 6.45) is 0.541. The van der Waals surface area contributed by atoms with E-state index in [0.29, 0.717) is 35.0 Å². The van der Waals surface area contributed by atoms with Crippen molar-refractivity contribution in [3.05, 3.63) is 35.2 Å². The van der Waals surface area contributed by atoms with Gasteiger partial charge in [0.05, 0.1) is 30.1 Å². The third kappa shape index (κ3) is 3.35. The first-order valence-corrected chi connectivity index (χ1v) is 8.26. The van der Waals surface area contributed by atoms with E-state index >= 15 is 0 Å². The van der Waals surface area contributed by atoms with Gasteiger partial charge in [-0.25, -0.2) is 0 Å². The summed E-state index contributed by atoms with van der Waals surface area (Å²) in [5.41, 5.74) is 2.66. The second-order valence-electron chi connectivity index (χ2n) is 6.25. The number of aryl methyl sites for hydroxylation is 1. The summed E-state index contributed by atoms with van der Waals surface area (Å²) >= 11 is 0. The minimum atomic E-state index is -0.986. The highest BCUT2D eigenvalue weighted by Gasteiger charge is 2.29. The Bertz CT molecular complexity index is 859. The molecule has 0 radical (unpaired) electrons. The maximum absolute atomic E-state index is 12.7. The molecule has 8 nitrogen and oxygen atoms in total. The number of carbonyl (C=O) groups excluding carboxylic acids is 1. The van der Waals surface area contributed by atoms with E-state index in [-0.39, 0.29) is 25.0 Å². The van der Waals surface area contributed by atoms with Gasteiger partial charge in [-0.3, -0.25) is 14.3 Å². The van der Waals surface area contributed by atoms with E-state index in [2.05, 4.69) is 10.4 Å². The largest absolute Gasteiger partial charge is 0.493 e. The summed E-state index contributed by atoms with van der Waals surface area (Å²) in [6.45, 7) is 3.47. The maximum Gasteiger partial charge on any atom is 0.325 e. The molecule has 0 bridgehead atoms. The summed E-state index contributed by atoms with van der Waals surface area (Å²) in [6, 6.07) is 5.60. The lowest BCUT2D eigenvalue weighted by Crippen LogP contribution is -2.33. The lowest BCUT2D eigenvalue weighted by Gasteiger charge is -2.25. The molecule has 1 amide bonds. The summed E-state index contributed by atoms with van der Waals surface area (Å²) < 4.78 is 12.4. The number of para-hydroxylation sites is 1. The van der Waals surface area contributed by atoms with Crippen LogP contribution >= 0.6 is 0 Å². The zero-order chi connectivity index (χ0) is 18.8. The number of ether oxygens (including phenoxy) is 2. The van der Waals surface area contributed by atoms with Crippen molar-refractivity contribution < 1.29 is 24.2 Å². The molecule has 1 atom stereocenters. The summed E-state index contributed by atoms with van der Waals surface area (Å²) in [4.78, 5) is 23.6. The van der Waals surface area contributed by atoms with Gasteiger partial charge < -0.3 is 19.9 Å². The quantitative estimate of drug-likeness (QED) is 0.844. The first-order valence-electron chi connectivity index (χ1n) is 8.26. The molecule has 2 heterocycles. The van der Waals surface area contributed by atoms with Crippen LogP contribution in [0.15, 0.2) is 18.2 Å². The molecule has 26 heavy (non-hydrogen) atoms. The Labute approximate surface area is 150 Å². The molecule has 1 aromatic heterocycles. The average Bonchev–Trinajstić information content (AvgIpc) is 2.87. The van der Waals surface area contributed by atoms with Crippen molar-refractivity contribution in [3.8, 4) is 11.5 Å². The molecule has 0 saturated heterocycles. The van der Waals surface area contributed by atoms with Crippen LogP contribution in [0.2, 0.25) is 0 Å². The third-order valence-electron chi connectivity index (χ3n) is 4.46. The molecule has 2 aromatic rings. The van der Waals surface area contributed by atoms with Crippen LogP contribution in [-0.2, 0) is 22.6 Å². The Hall–Kier alpha value is -3.03. The normalized spacial score (nSPS) is 15.7. The van der Waals surface area contributed by atoms with Crippen LogP contribution in [-0.4, -0.2) is 40.5 Å². The summed E-state index contributed by atoms with van der Waals surface area (Å²) in [5, 5.41) is 16.0. The van der Waals surface area contributed by atoms with Gasteiger partial charge in [-0.1, -0.05) is 12.1 Å². The number of amides is 1. The number of aliphatic carboxylic acids is 1. The zero-order valence-corrected chi connectivity index (χ0v) is 14.9. The number of nitrogens with one attached hydrogen (secondary N) is 1. The molecular weight excluding hydrogens is 338 g/mol. The third-order valence-corrected chi connectivity index (χ3v) is 4.46. The molecule has 8 heteroatoms. The Morgan fingerprint density at radius 2 is 2.19 bits per heavy atom. The van der Waals surface area contributed by atoms with Gasteiger partial charge in [0.2, 0.25) is 5.91 Å². The number of benzene rings is 1. The van der Waals surface area contributed by atoms with E-state index in [1.165, 1.54) is 4.68 Å². The zero-order valence-electron chi connectivity index (χ0n) is 14.9. The number of fused-ring (bicyclic) bond motifs is 1. The molecule has 1 aliphatic rings. The SMILES string of the molecule is COc1cccc2c1OC[C@@H](C(=O)Nc1c(C)nn(CC(=O)O)c1C)C2. The molecule has 3 rings (SSSR count). The monoisotopic (exact) mass is 359 g/mol. The number of anilines is 1. The summed E-state index contributed by atoms with van der Waals surface area (Å²) in [5.74, 6) is -0.181. The molecule has 0 saturated carbocycles. The van der Waals surface area contributed by atoms with Crippen molar-refractivity contribution in [3.63, 3.8) is 0 Å². The topological polar surface area (TPSA) is 103 Å². The number of nitrogens with zero attached hydrogens (tertiary/aromatic N) is 2. The second kappa shape index (κ2) is 7.07. The van der Waals surface area contributed by atoms with Gasteiger partial charge in [-0.05, 0) is 31.9 Å². The van der Waals surface area contributed by atoms with Crippen molar-refractivity contribution in [1.82, 2.24) is 9.78 Å². The fraction of sp³-hybridized carbons (Fsp3) is 0.389. The number of carboxylic acid groups (broad SMARTS) is 1. The van der Waals surface area contributed by atoms with Crippen molar-refractivity contribution >= 4 is 17.6 Å². The van der Waals surface area contributed by atoms with Crippen LogP contribution in [0.4, 0.5) is 5.69 Å². The minimum Gasteiger partial charge on any atom is -0.493 e. The first kappa shape index (κ1) is 17.8. The van der Waals surface area contributed by atoms with E-state index in [4.69, 9.17) is 14.6 Å². The molecule has 0 unspecified atom stereocenters. The van der Waals surface area contributed by atoms with Gasteiger partial charge >= 0.3 is 5.97 Å². The van der Waals surface area contributed by atoms with Crippen LogP contribution < -0.4 is 14.8 Å². The molecule has 2 N–H and O–H groups in total. The second-order valence-corrected chi connectivity index (χ2v) is 6.25. The Morgan fingerprint density at radius 3 is 2.88 bits per heavy atom. The molecule has 138 valence electrons. The van der Waals surface area contributed by atoms with Crippen LogP contribution in [0.5, 0.6) is 11.5 Å². The smallest absolute Gasteiger partial charge is 0.325 e. The first-order chi connectivity index (χ1) is 12.4. The summed E-state index contributed by atoms with van der Waals surface area (Å²) in [7, 11) is 1.58. The molecule has 0 fully saturated rings. The number of hydrogen-bond donors (Lipinski definition) is 2. The predicted octanol–water partition coefficient (Wildman–Crippen LogP) is 1.78. The Kier molecular flexibility index (Phi) is 4.83. The van der Waals surface area contributed by atoms with Gasteiger partial charge in [0.15, 0.2) is 11.5 Å². The highest BCUT2D eigenvalue weighted by molar-refractivity contribution is 5.94. The fourth-order valence-corrected chi connectivity index (χ4v) is 3.11. The minimum absolute atomic E-state index is 0.181. The van der Waals surface area contributed by atoms with Gasteiger partial charge in [0.1, 0.15) is 13.2 Å². The number of methoxy groups -OCH3 is 1. The molecule has 0 spiro atoms. The number of rotatable bonds is 5. The van der Waals surface area contributed by atoms with Crippen molar-refractivity contribution in [2.24, 2.45) is 5.92 Å². The Balaban J connectivity index is 1.75. The van der Waals surface area contributed by atoms with Gasteiger partial charge in [0, 0.05) is 0 Å². The van der Waals surface area contributed by atoms with Crippen molar-refractivity contribution in [1.29, 1.82) is 0 Å².